The van der Waals surface area contributed by atoms with Crippen LogP contribution in [0.15, 0.2) is 24.4 Å². The quantitative estimate of drug-likeness (QED) is 0.219. The third-order valence-corrected chi connectivity index (χ3v) is 5.24. The maximum absolute atomic E-state index is 14.0. The Morgan fingerprint density at radius 3 is 2.38 bits per heavy atom. The highest BCUT2D eigenvalue weighted by molar-refractivity contribution is 5.97. The highest BCUT2D eigenvalue weighted by Gasteiger charge is 2.35. The minimum absolute atomic E-state index is 0.0610. The third-order valence-electron chi connectivity index (χ3n) is 5.24. The van der Waals surface area contributed by atoms with E-state index in [1.165, 1.54) is 6.20 Å². The van der Waals surface area contributed by atoms with Crippen molar-refractivity contribution in [3.8, 4) is 0 Å². The minimum Gasteiger partial charge on any atom is -0.467 e. The van der Waals surface area contributed by atoms with Gasteiger partial charge in [-0.05, 0) is 18.2 Å². The number of halogens is 4. The van der Waals surface area contributed by atoms with Crippen molar-refractivity contribution in [2.45, 2.75) is 31.4 Å². The largest absolute Gasteiger partial charge is 0.467 e. The van der Waals surface area contributed by atoms with Crippen molar-refractivity contribution in [1.82, 2.24) is 25.3 Å². The van der Waals surface area contributed by atoms with Crippen molar-refractivity contribution in [3.63, 3.8) is 0 Å². The number of anilines is 3. The fourth-order valence-corrected chi connectivity index (χ4v) is 3.36. The molecular formula is C22H22F4N8O5. The van der Waals surface area contributed by atoms with Crippen molar-refractivity contribution in [2.24, 2.45) is 0 Å². The molecule has 0 spiro atoms. The molecule has 13 nitrogen and oxygen atoms in total. The number of hydrogen-bond acceptors (Lipinski definition) is 12. The summed E-state index contributed by atoms with van der Waals surface area (Å²) >= 11 is 0. The Kier molecular flexibility index (Phi) is 8.62. The summed E-state index contributed by atoms with van der Waals surface area (Å²) < 4.78 is 64.2. The van der Waals surface area contributed by atoms with Gasteiger partial charge < -0.3 is 31.6 Å². The van der Waals surface area contributed by atoms with Crippen LogP contribution in [-0.2, 0) is 31.8 Å². The topological polar surface area (TPSA) is 197 Å². The molecule has 3 rings (SSSR count). The fourth-order valence-electron chi connectivity index (χ4n) is 3.36. The molecule has 1 amide bonds. The molecule has 39 heavy (non-hydrogen) atoms. The molecule has 0 saturated carbocycles. The van der Waals surface area contributed by atoms with Gasteiger partial charge in [-0.15, -0.1) is 0 Å². The molecule has 2 atom stereocenters. The SMILES string of the molecule is COC(=O)[C@H](F)C[C@H](NC(=O)c1ccc(NCc2cnc3nc(N)nc(N)c3n2)c(C(F)(F)F)c1)C(=O)OC. The molecule has 0 unspecified atom stereocenters. The molecule has 0 radical (unpaired) electrons. The fraction of sp³-hybridized carbons (Fsp3) is 0.318. The zero-order chi connectivity index (χ0) is 28.9. The Balaban J connectivity index is 1.82. The molecule has 2 heterocycles. The Morgan fingerprint density at radius 2 is 1.74 bits per heavy atom. The van der Waals surface area contributed by atoms with Crippen LogP contribution < -0.4 is 22.1 Å². The number of ether oxygens (including phenoxy) is 2. The van der Waals surface area contributed by atoms with Crippen molar-refractivity contribution < 1.29 is 41.4 Å². The number of rotatable bonds is 9. The van der Waals surface area contributed by atoms with Gasteiger partial charge in [-0.2, -0.15) is 23.1 Å². The molecule has 0 fully saturated rings. The summed E-state index contributed by atoms with van der Waals surface area (Å²) in [7, 11) is 1.87. The van der Waals surface area contributed by atoms with E-state index in [1.54, 1.807) is 0 Å². The predicted molar refractivity (Wildman–Crippen MR) is 128 cm³/mol. The molecule has 17 heteroatoms. The third kappa shape index (κ3) is 6.93. The summed E-state index contributed by atoms with van der Waals surface area (Å²) in [6, 6.07) is 0.904. The number of hydrogen-bond donors (Lipinski definition) is 4. The lowest BCUT2D eigenvalue weighted by atomic mass is 10.1. The highest BCUT2D eigenvalue weighted by Crippen LogP contribution is 2.36. The summed E-state index contributed by atoms with van der Waals surface area (Å²) in [5.41, 5.74) is 9.55. The van der Waals surface area contributed by atoms with Crippen LogP contribution in [0, 0.1) is 0 Å². The minimum atomic E-state index is -4.90. The second-order valence-corrected chi connectivity index (χ2v) is 7.89. The van der Waals surface area contributed by atoms with Crippen LogP contribution in [0.3, 0.4) is 0 Å². The Labute approximate surface area is 217 Å². The molecule has 0 saturated heterocycles. The molecule has 0 bridgehead atoms. The van der Waals surface area contributed by atoms with Crippen LogP contribution >= 0.6 is 0 Å². The lowest BCUT2D eigenvalue weighted by Crippen LogP contribution is -2.44. The van der Waals surface area contributed by atoms with Gasteiger partial charge in [0.05, 0.1) is 38.2 Å². The zero-order valence-electron chi connectivity index (χ0n) is 20.4. The number of amides is 1. The number of benzene rings is 1. The monoisotopic (exact) mass is 554 g/mol. The Hall–Kier alpha value is -4.83. The van der Waals surface area contributed by atoms with E-state index in [9.17, 15) is 31.9 Å². The number of methoxy groups -OCH3 is 2. The first kappa shape index (κ1) is 28.7. The van der Waals surface area contributed by atoms with E-state index in [0.717, 1.165) is 26.4 Å². The average molecular weight is 554 g/mol. The van der Waals surface area contributed by atoms with E-state index in [-0.39, 0.29) is 35.2 Å². The van der Waals surface area contributed by atoms with Gasteiger partial charge in [-0.3, -0.25) is 4.79 Å². The van der Waals surface area contributed by atoms with E-state index in [4.69, 9.17) is 11.5 Å². The highest BCUT2D eigenvalue weighted by atomic mass is 19.4. The molecule has 0 aliphatic rings. The van der Waals surface area contributed by atoms with Crippen LogP contribution in [-0.4, -0.2) is 64.2 Å². The molecular weight excluding hydrogens is 532 g/mol. The number of fused-ring (bicyclic) bond motifs is 1. The zero-order valence-corrected chi connectivity index (χ0v) is 20.4. The molecule has 3 aromatic rings. The number of carbonyl (C=O) groups is 3. The first-order valence-corrected chi connectivity index (χ1v) is 10.9. The molecule has 0 aliphatic heterocycles. The summed E-state index contributed by atoms with van der Waals surface area (Å²) in [4.78, 5) is 51.8. The Morgan fingerprint density at radius 1 is 1.05 bits per heavy atom. The number of carbonyl (C=O) groups excluding carboxylic acids is 3. The summed E-state index contributed by atoms with van der Waals surface area (Å²) in [6.07, 6.45) is -6.80. The number of esters is 2. The molecule has 2 aromatic heterocycles. The van der Waals surface area contributed by atoms with Crippen LogP contribution in [0.25, 0.3) is 11.2 Å². The van der Waals surface area contributed by atoms with E-state index in [0.29, 0.717) is 6.07 Å². The van der Waals surface area contributed by atoms with Gasteiger partial charge in [-0.1, -0.05) is 0 Å². The van der Waals surface area contributed by atoms with Gasteiger partial charge in [0.25, 0.3) is 5.91 Å². The van der Waals surface area contributed by atoms with Gasteiger partial charge in [0.1, 0.15) is 6.04 Å². The molecule has 1 aromatic carbocycles. The van der Waals surface area contributed by atoms with E-state index in [1.807, 2.05) is 0 Å². The van der Waals surface area contributed by atoms with Gasteiger partial charge >= 0.3 is 18.1 Å². The van der Waals surface area contributed by atoms with Gasteiger partial charge in [-0.25, -0.2) is 23.9 Å². The van der Waals surface area contributed by atoms with E-state index < -0.39 is 59.5 Å². The predicted octanol–water partition coefficient (Wildman–Crippen LogP) is 1.39. The smallest absolute Gasteiger partial charge is 0.418 e. The molecule has 0 aliphatic carbocycles. The maximum atomic E-state index is 14.0. The lowest BCUT2D eigenvalue weighted by molar-refractivity contribution is -0.149. The van der Waals surface area contributed by atoms with Gasteiger partial charge in [0.2, 0.25) is 5.95 Å². The van der Waals surface area contributed by atoms with Crippen LogP contribution in [0.1, 0.15) is 28.0 Å². The first-order valence-electron chi connectivity index (χ1n) is 10.9. The van der Waals surface area contributed by atoms with Crippen LogP contribution in [0.5, 0.6) is 0 Å². The number of nitrogens with zero attached hydrogens (tertiary/aromatic N) is 4. The molecule has 6 N–H and O–H groups in total. The number of nitrogen functional groups attached to an aromatic ring is 2. The standard InChI is InChI=1S/C22H22F4N8O5/c1-38-19(36)12(23)6-14(20(37)39-2)32-18(35)9-3-4-13(11(5-9)22(24,25)26)29-7-10-8-30-17-15(31-10)16(27)33-21(28)34-17/h3-5,8,12,14,29H,6-7H2,1-2H3,(H,32,35)(H4,27,28,30,33,34)/t12-,14+/m1/s1. The number of alkyl halides is 4. The summed E-state index contributed by atoms with van der Waals surface area (Å²) in [5, 5.41) is 4.65. The normalized spacial score (nSPS) is 12.9. The first-order chi connectivity index (χ1) is 18.3. The lowest BCUT2D eigenvalue weighted by Gasteiger charge is -2.19. The van der Waals surface area contributed by atoms with Crippen molar-refractivity contribution >= 4 is 46.5 Å². The summed E-state index contributed by atoms with van der Waals surface area (Å²) in [6.45, 7) is -0.225. The second-order valence-electron chi connectivity index (χ2n) is 7.89. The second kappa shape index (κ2) is 11.7. The van der Waals surface area contributed by atoms with Crippen LogP contribution in [0.4, 0.5) is 35.0 Å². The number of aromatic nitrogens is 4. The van der Waals surface area contributed by atoms with Gasteiger partial charge in [0, 0.05) is 17.7 Å². The van der Waals surface area contributed by atoms with Crippen molar-refractivity contribution in [1.29, 1.82) is 0 Å². The van der Waals surface area contributed by atoms with Crippen LogP contribution in [0.2, 0.25) is 0 Å². The Bertz CT molecular complexity index is 1400. The average Bonchev–Trinajstić information content (AvgIpc) is 2.89. The van der Waals surface area contributed by atoms with E-state index >= 15 is 0 Å². The van der Waals surface area contributed by atoms with E-state index in [2.05, 4.69) is 40.0 Å². The van der Waals surface area contributed by atoms with Crippen molar-refractivity contribution in [2.75, 3.05) is 31.0 Å². The number of nitrogens with two attached hydrogens (primary N) is 2. The number of nitrogens with one attached hydrogen (secondary N) is 2. The van der Waals surface area contributed by atoms with Crippen molar-refractivity contribution in [3.05, 3.63) is 41.2 Å². The molecule has 208 valence electrons. The summed E-state index contributed by atoms with van der Waals surface area (Å²) in [5.74, 6) is -3.74. The maximum Gasteiger partial charge on any atom is 0.418 e. The van der Waals surface area contributed by atoms with Gasteiger partial charge in [0.15, 0.2) is 23.2 Å².